The number of hydrogen-bond donors (Lipinski definition) is 1. The summed E-state index contributed by atoms with van der Waals surface area (Å²) in [5.41, 5.74) is 3.17. The Labute approximate surface area is 172 Å². The quantitative estimate of drug-likeness (QED) is 0.629. The normalized spacial score (nSPS) is 16.3. The van der Waals surface area contributed by atoms with Crippen LogP contribution in [0.5, 0.6) is 5.75 Å². The predicted molar refractivity (Wildman–Crippen MR) is 106 cm³/mol. The number of rotatable bonds is 8. The Morgan fingerprint density at radius 2 is 1.83 bits per heavy atom. The lowest BCUT2D eigenvalue weighted by Crippen LogP contribution is -2.08. The second-order valence-corrected chi connectivity index (χ2v) is 7.36. The molecule has 0 radical (unpaired) electrons. The Morgan fingerprint density at radius 3 is 2.41 bits per heavy atom. The SMILES string of the molecule is COC1CC(COc2c(F)cc(CCC(=O)O)cc2F)=C(c2ccc(Cl)cc2)C1. The van der Waals surface area contributed by atoms with Crippen LogP contribution in [0.2, 0.25) is 5.02 Å². The summed E-state index contributed by atoms with van der Waals surface area (Å²) >= 11 is 5.96. The molecule has 154 valence electrons. The molecule has 29 heavy (non-hydrogen) atoms. The van der Waals surface area contributed by atoms with Crippen LogP contribution in [0.15, 0.2) is 42.0 Å². The molecule has 2 aromatic rings. The highest BCUT2D eigenvalue weighted by molar-refractivity contribution is 6.30. The minimum absolute atomic E-state index is 0.0210. The van der Waals surface area contributed by atoms with Gasteiger partial charge in [0.15, 0.2) is 17.4 Å². The van der Waals surface area contributed by atoms with Gasteiger partial charge in [-0.25, -0.2) is 8.78 Å². The van der Waals surface area contributed by atoms with Gasteiger partial charge in [-0.3, -0.25) is 4.79 Å². The number of aryl methyl sites for hydroxylation is 1. The molecule has 1 aliphatic carbocycles. The molecule has 1 aliphatic rings. The number of halogens is 3. The maximum Gasteiger partial charge on any atom is 0.303 e. The van der Waals surface area contributed by atoms with Gasteiger partial charge in [0.25, 0.3) is 0 Å². The van der Waals surface area contributed by atoms with Crippen molar-refractivity contribution in [2.45, 2.75) is 31.8 Å². The summed E-state index contributed by atoms with van der Waals surface area (Å²) in [4.78, 5) is 10.6. The summed E-state index contributed by atoms with van der Waals surface area (Å²) in [5, 5.41) is 9.34. The Bertz CT molecular complexity index is 902. The zero-order valence-electron chi connectivity index (χ0n) is 15.9. The second kappa shape index (κ2) is 9.37. The van der Waals surface area contributed by atoms with Crippen molar-refractivity contribution < 1.29 is 28.2 Å². The van der Waals surface area contributed by atoms with Gasteiger partial charge in [-0.05, 0) is 65.8 Å². The van der Waals surface area contributed by atoms with Crippen LogP contribution in [0.1, 0.15) is 30.4 Å². The topological polar surface area (TPSA) is 55.8 Å². The molecule has 0 spiro atoms. The smallest absolute Gasteiger partial charge is 0.303 e. The number of aliphatic carboxylic acids is 1. The molecular weight excluding hydrogens is 402 g/mol. The molecule has 0 heterocycles. The van der Waals surface area contributed by atoms with Crippen molar-refractivity contribution in [3.05, 3.63) is 69.8 Å². The first-order valence-electron chi connectivity index (χ1n) is 9.19. The predicted octanol–water partition coefficient (Wildman–Crippen LogP) is 5.28. The largest absolute Gasteiger partial charge is 0.483 e. The van der Waals surface area contributed by atoms with E-state index in [0.717, 1.165) is 28.8 Å². The van der Waals surface area contributed by atoms with Crippen LogP contribution in [-0.4, -0.2) is 30.9 Å². The molecule has 0 aliphatic heterocycles. The van der Waals surface area contributed by atoms with Gasteiger partial charge in [0.05, 0.1) is 6.10 Å². The van der Waals surface area contributed by atoms with E-state index >= 15 is 0 Å². The summed E-state index contributed by atoms with van der Waals surface area (Å²) < 4.78 is 39.7. The van der Waals surface area contributed by atoms with Crippen molar-refractivity contribution in [3.63, 3.8) is 0 Å². The molecule has 3 rings (SSSR count). The van der Waals surface area contributed by atoms with Crippen LogP contribution in [0.25, 0.3) is 5.57 Å². The van der Waals surface area contributed by atoms with E-state index in [1.54, 1.807) is 19.2 Å². The fourth-order valence-electron chi connectivity index (χ4n) is 3.43. The Hall–Kier alpha value is -2.44. The fraction of sp³-hybridized carbons (Fsp3) is 0.318. The zero-order valence-corrected chi connectivity index (χ0v) is 16.6. The van der Waals surface area contributed by atoms with Gasteiger partial charge in [-0.2, -0.15) is 0 Å². The number of ether oxygens (including phenoxy) is 2. The lowest BCUT2D eigenvalue weighted by atomic mass is 10.0. The molecular formula is C22H21ClF2O4. The second-order valence-electron chi connectivity index (χ2n) is 6.93. The standard InChI is InChI=1S/C22H21ClF2O4/c1-28-17-10-15(18(11-17)14-3-5-16(23)6-4-14)12-29-22-19(24)8-13(9-20(22)25)2-7-21(26)27/h3-6,8-9,17H,2,7,10-12H2,1H3,(H,26,27). The van der Waals surface area contributed by atoms with Crippen molar-refractivity contribution in [2.75, 3.05) is 13.7 Å². The Morgan fingerprint density at radius 1 is 1.17 bits per heavy atom. The van der Waals surface area contributed by atoms with Crippen LogP contribution >= 0.6 is 11.6 Å². The van der Waals surface area contributed by atoms with E-state index in [2.05, 4.69) is 0 Å². The van der Waals surface area contributed by atoms with Gasteiger partial charge in [-0.1, -0.05) is 23.7 Å². The van der Waals surface area contributed by atoms with Gasteiger partial charge in [0.1, 0.15) is 6.61 Å². The molecule has 0 bridgehead atoms. The summed E-state index contributed by atoms with van der Waals surface area (Å²) in [5.74, 6) is -3.18. The van der Waals surface area contributed by atoms with Crippen molar-refractivity contribution in [2.24, 2.45) is 0 Å². The summed E-state index contributed by atoms with van der Waals surface area (Å²) in [6.07, 6.45) is 1.11. The van der Waals surface area contributed by atoms with E-state index in [9.17, 15) is 13.6 Å². The molecule has 0 aromatic heterocycles. The average Bonchev–Trinajstić information content (AvgIpc) is 3.09. The Kier molecular flexibility index (Phi) is 6.87. The first kappa shape index (κ1) is 21.3. The van der Waals surface area contributed by atoms with Gasteiger partial charge < -0.3 is 14.6 Å². The maximum absolute atomic E-state index is 14.3. The zero-order chi connectivity index (χ0) is 21.0. The number of hydrogen-bond acceptors (Lipinski definition) is 3. The monoisotopic (exact) mass is 422 g/mol. The highest BCUT2D eigenvalue weighted by atomic mass is 35.5. The molecule has 1 unspecified atom stereocenters. The Balaban J connectivity index is 1.78. The molecule has 0 fully saturated rings. The van der Waals surface area contributed by atoms with Gasteiger partial charge >= 0.3 is 5.97 Å². The highest BCUT2D eigenvalue weighted by Crippen LogP contribution is 2.36. The molecule has 7 heteroatoms. The summed E-state index contributed by atoms with van der Waals surface area (Å²) in [6.45, 7) is 0.0279. The van der Waals surface area contributed by atoms with E-state index in [1.807, 2.05) is 12.1 Å². The number of carboxylic acid groups (broad SMARTS) is 1. The van der Waals surface area contributed by atoms with Crippen LogP contribution in [0.3, 0.4) is 0 Å². The highest BCUT2D eigenvalue weighted by Gasteiger charge is 2.26. The van der Waals surface area contributed by atoms with Crippen LogP contribution in [0, 0.1) is 11.6 Å². The molecule has 0 saturated carbocycles. The van der Waals surface area contributed by atoms with Gasteiger partial charge in [-0.15, -0.1) is 0 Å². The molecule has 0 amide bonds. The van der Waals surface area contributed by atoms with Crippen molar-refractivity contribution in [1.29, 1.82) is 0 Å². The van der Waals surface area contributed by atoms with E-state index in [1.165, 1.54) is 0 Å². The number of carbonyl (C=O) groups is 1. The van der Waals surface area contributed by atoms with E-state index in [0.29, 0.717) is 17.9 Å². The van der Waals surface area contributed by atoms with Crippen LogP contribution in [0.4, 0.5) is 8.78 Å². The van der Waals surface area contributed by atoms with Crippen molar-refractivity contribution >= 4 is 23.1 Å². The molecule has 1 N–H and O–H groups in total. The number of methoxy groups -OCH3 is 1. The lowest BCUT2D eigenvalue weighted by Gasteiger charge is -2.12. The van der Waals surface area contributed by atoms with E-state index in [-0.39, 0.29) is 31.1 Å². The third kappa shape index (κ3) is 5.34. The lowest BCUT2D eigenvalue weighted by molar-refractivity contribution is -0.136. The van der Waals surface area contributed by atoms with Crippen molar-refractivity contribution in [3.8, 4) is 5.75 Å². The molecule has 1 atom stereocenters. The van der Waals surface area contributed by atoms with Gasteiger partial charge in [0, 0.05) is 18.6 Å². The minimum atomic E-state index is -1.03. The fourth-order valence-corrected chi connectivity index (χ4v) is 3.56. The molecule has 0 saturated heterocycles. The third-order valence-corrected chi connectivity index (χ3v) is 5.19. The van der Waals surface area contributed by atoms with Gasteiger partial charge in [0.2, 0.25) is 0 Å². The first-order valence-corrected chi connectivity index (χ1v) is 9.57. The molecule has 2 aromatic carbocycles. The van der Waals surface area contributed by atoms with Crippen LogP contribution < -0.4 is 4.74 Å². The summed E-state index contributed by atoms with van der Waals surface area (Å²) in [6, 6.07) is 9.60. The first-order chi connectivity index (χ1) is 13.9. The maximum atomic E-state index is 14.3. The number of carboxylic acids is 1. The van der Waals surface area contributed by atoms with E-state index in [4.69, 9.17) is 26.2 Å². The minimum Gasteiger partial charge on any atom is -0.483 e. The number of benzene rings is 2. The van der Waals surface area contributed by atoms with E-state index < -0.39 is 23.4 Å². The average molecular weight is 423 g/mol. The summed E-state index contributed by atoms with van der Waals surface area (Å²) in [7, 11) is 1.63. The van der Waals surface area contributed by atoms with Crippen molar-refractivity contribution in [1.82, 2.24) is 0 Å². The third-order valence-electron chi connectivity index (χ3n) is 4.94. The van der Waals surface area contributed by atoms with Crippen LogP contribution in [-0.2, 0) is 16.0 Å². The molecule has 4 nitrogen and oxygen atoms in total.